The Bertz CT molecular complexity index is 1070. The molecule has 5 rings (SSSR count). The number of hydrogen-bond donors (Lipinski definition) is 0. The number of likely N-dealkylation sites (tertiary alicyclic amines) is 1. The minimum atomic E-state index is -3.25. The van der Waals surface area contributed by atoms with Crippen LogP contribution in [0.1, 0.15) is 16.4 Å². The normalized spacial score (nSPS) is 23.9. The first-order chi connectivity index (χ1) is 12.5. The third kappa shape index (κ3) is 2.46. The van der Waals surface area contributed by atoms with Crippen LogP contribution in [0.15, 0.2) is 53.0 Å². The summed E-state index contributed by atoms with van der Waals surface area (Å²) >= 11 is 1.73. The molecule has 134 valence electrons. The van der Waals surface area contributed by atoms with Gasteiger partial charge in [-0.15, -0.1) is 11.3 Å². The van der Waals surface area contributed by atoms with E-state index in [2.05, 4.69) is 27.5 Å². The van der Waals surface area contributed by atoms with E-state index in [1.54, 1.807) is 22.1 Å². The Kier molecular flexibility index (Phi) is 3.60. The van der Waals surface area contributed by atoms with E-state index in [-0.39, 0.29) is 11.2 Å². The van der Waals surface area contributed by atoms with Crippen molar-refractivity contribution in [2.75, 3.05) is 13.1 Å². The van der Waals surface area contributed by atoms with E-state index in [9.17, 15) is 8.42 Å². The van der Waals surface area contributed by atoms with E-state index in [1.807, 2.05) is 31.6 Å². The lowest BCUT2D eigenvalue weighted by molar-refractivity contribution is 0.328. The van der Waals surface area contributed by atoms with Gasteiger partial charge in [0.15, 0.2) is 9.84 Å². The van der Waals surface area contributed by atoms with Gasteiger partial charge in [0.1, 0.15) is 0 Å². The molecule has 0 bridgehead atoms. The summed E-state index contributed by atoms with van der Waals surface area (Å²) in [7, 11) is -1.36. The highest BCUT2D eigenvalue weighted by Crippen LogP contribution is 2.46. The zero-order chi connectivity index (χ0) is 17.9. The number of rotatable bonds is 3. The van der Waals surface area contributed by atoms with E-state index < -0.39 is 9.84 Å². The Morgan fingerprint density at radius 1 is 1.23 bits per heavy atom. The molecule has 0 unspecified atom stereocenters. The Hall–Kier alpha value is -1.96. The maximum absolute atomic E-state index is 13.0. The lowest BCUT2D eigenvalue weighted by Gasteiger charge is -2.16. The number of hydrogen-bond acceptors (Lipinski definition) is 5. The molecule has 26 heavy (non-hydrogen) atoms. The third-order valence-electron chi connectivity index (χ3n) is 5.45. The fourth-order valence-electron chi connectivity index (χ4n) is 4.23. The fraction of sp³-hybridized carbons (Fsp3) is 0.316. The van der Waals surface area contributed by atoms with Crippen LogP contribution in [0.5, 0.6) is 0 Å². The maximum atomic E-state index is 13.0. The molecule has 0 aliphatic carbocycles. The number of fused-ring (bicyclic) bond motifs is 3. The quantitative estimate of drug-likeness (QED) is 0.696. The smallest absolute Gasteiger partial charge is 0.183 e. The number of sulfone groups is 1. The zero-order valence-electron chi connectivity index (χ0n) is 14.4. The van der Waals surface area contributed by atoms with Crippen LogP contribution in [0.3, 0.4) is 0 Å². The Morgan fingerprint density at radius 2 is 2.12 bits per heavy atom. The number of aryl methyl sites for hydroxylation is 1. The van der Waals surface area contributed by atoms with Crippen LogP contribution < -0.4 is 0 Å². The molecule has 2 aromatic heterocycles. The fourth-order valence-corrected chi connectivity index (χ4v) is 7.17. The molecule has 0 radical (unpaired) electrons. The van der Waals surface area contributed by atoms with Gasteiger partial charge in [-0.1, -0.05) is 12.1 Å². The SMILES string of the molecule is Cn1cc(-c2ccc3c(c2)[C@H]2CN(Cc4cccs4)C[C@H]2S3(=O)=O)cn1. The molecule has 4 heterocycles. The second kappa shape index (κ2) is 5.77. The van der Waals surface area contributed by atoms with Gasteiger partial charge in [-0.25, -0.2) is 8.42 Å². The van der Waals surface area contributed by atoms with Gasteiger partial charge in [-0.05, 0) is 34.7 Å². The summed E-state index contributed by atoms with van der Waals surface area (Å²) < 4.78 is 27.8. The van der Waals surface area contributed by atoms with Gasteiger partial charge in [0.2, 0.25) is 0 Å². The molecule has 1 aromatic carbocycles. The van der Waals surface area contributed by atoms with Crippen molar-refractivity contribution in [3.63, 3.8) is 0 Å². The van der Waals surface area contributed by atoms with E-state index in [0.717, 1.165) is 29.8 Å². The van der Waals surface area contributed by atoms with Crippen molar-refractivity contribution in [2.45, 2.75) is 22.6 Å². The van der Waals surface area contributed by atoms with E-state index in [0.29, 0.717) is 11.4 Å². The molecular formula is C19H19N3O2S2. The molecule has 2 aliphatic rings. The van der Waals surface area contributed by atoms with E-state index in [1.165, 1.54) is 4.88 Å². The van der Waals surface area contributed by atoms with Crippen LogP contribution in [-0.4, -0.2) is 41.4 Å². The highest BCUT2D eigenvalue weighted by atomic mass is 32.2. The van der Waals surface area contributed by atoms with Crippen LogP contribution in [0.2, 0.25) is 0 Å². The highest BCUT2D eigenvalue weighted by molar-refractivity contribution is 7.92. The third-order valence-corrected chi connectivity index (χ3v) is 8.57. The van der Waals surface area contributed by atoms with Crippen molar-refractivity contribution in [1.82, 2.24) is 14.7 Å². The highest BCUT2D eigenvalue weighted by Gasteiger charge is 2.50. The first-order valence-corrected chi connectivity index (χ1v) is 11.1. The van der Waals surface area contributed by atoms with Crippen LogP contribution in [0, 0.1) is 0 Å². The zero-order valence-corrected chi connectivity index (χ0v) is 16.0. The number of benzene rings is 1. The molecule has 0 saturated carbocycles. The average molecular weight is 386 g/mol. The largest absolute Gasteiger partial charge is 0.296 e. The molecule has 5 nitrogen and oxygen atoms in total. The average Bonchev–Trinajstić information content (AvgIpc) is 3.37. The predicted octanol–water partition coefficient (Wildman–Crippen LogP) is 2.90. The minimum Gasteiger partial charge on any atom is -0.296 e. The van der Waals surface area contributed by atoms with Crippen LogP contribution in [-0.2, 0) is 23.4 Å². The standard InChI is InChI=1S/C19H19N3O2S2/c1-21-9-14(8-20-21)13-4-5-18-16(7-13)17-11-22(10-15-3-2-6-25-15)12-19(17)26(18,23)24/h2-9,17,19H,10-12H2,1H3/t17-,19-/m1/s1. The molecule has 3 aromatic rings. The number of nitrogens with zero attached hydrogens (tertiary/aromatic N) is 3. The van der Waals surface area contributed by atoms with Gasteiger partial charge in [-0.3, -0.25) is 9.58 Å². The Balaban J connectivity index is 1.50. The van der Waals surface area contributed by atoms with Crippen molar-refractivity contribution in [3.8, 4) is 11.1 Å². The molecule has 2 atom stereocenters. The van der Waals surface area contributed by atoms with Gasteiger partial charge in [0, 0.05) is 49.2 Å². The maximum Gasteiger partial charge on any atom is 0.183 e. The Morgan fingerprint density at radius 3 is 2.85 bits per heavy atom. The summed E-state index contributed by atoms with van der Waals surface area (Å²) in [6, 6.07) is 9.90. The van der Waals surface area contributed by atoms with Gasteiger partial charge in [-0.2, -0.15) is 5.10 Å². The summed E-state index contributed by atoms with van der Waals surface area (Å²) in [5, 5.41) is 5.98. The van der Waals surface area contributed by atoms with Crippen molar-refractivity contribution < 1.29 is 8.42 Å². The summed E-state index contributed by atoms with van der Waals surface area (Å²) in [6.07, 6.45) is 3.78. The second-order valence-corrected chi connectivity index (χ2v) is 10.3. The molecule has 1 fully saturated rings. The van der Waals surface area contributed by atoms with Crippen LogP contribution >= 0.6 is 11.3 Å². The van der Waals surface area contributed by atoms with Gasteiger partial charge >= 0.3 is 0 Å². The molecule has 7 heteroatoms. The van der Waals surface area contributed by atoms with Crippen molar-refractivity contribution in [2.24, 2.45) is 7.05 Å². The van der Waals surface area contributed by atoms with Gasteiger partial charge < -0.3 is 0 Å². The number of thiophene rings is 1. The molecule has 0 amide bonds. The van der Waals surface area contributed by atoms with E-state index >= 15 is 0 Å². The number of aromatic nitrogens is 2. The topological polar surface area (TPSA) is 55.2 Å². The first kappa shape index (κ1) is 16.2. The molecule has 1 saturated heterocycles. The van der Waals surface area contributed by atoms with Crippen LogP contribution in [0.25, 0.3) is 11.1 Å². The molecule has 0 N–H and O–H groups in total. The van der Waals surface area contributed by atoms with Crippen molar-refractivity contribution in [3.05, 3.63) is 58.5 Å². The summed E-state index contributed by atoms with van der Waals surface area (Å²) in [4.78, 5) is 4.08. The second-order valence-electron chi connectivity index (χ2n) is 7.12. The van der Waals surface area contributed by atoms with Crippen molar-refractivity contribution >= 4 is 21.2 Å². The Labute approximate surface area is 156 Å². The summed E-state index contributed by atoms with van der Waals surface area (Å²) in [5.74, 6) is 0.0617. The minimum absolute atomic E-state index is 0.0617. The molecule has 0 spiro atoms. The molecule has 2 aliphatic heterocycles. The van der Waals surface area contributed by atoms with Gasteiger partial charge in [0.05, 0.1) is 16.3 Å². The predicted molar refractivity (Wildman–Crippen MR) is 102 cm³/mol. The lowest BCUT2D eigenvalue weighted by Crippen LogP contribution is -2.25. The summed E-state index contributed by atoms with van der Waals surface area (Å²) in [6.45, 7) is 2.24. The monoisotopic (exact) mass is 385 g/mol. The summed E-state index contributed by atoms with van der Waals surface area (Å²) in [5.41, 5.74) is 3.03. The van der Waals surface area contributed by atoms with Crippen molar-refractivity contribution in [1.29, 1.82) is 0 Å². The first-order valence-electron chi connectivity index (χ1n) is 8.64. The van der Waals surface area contributed by atoms with Gasteiger partial charge in [0.25, 0.3) is 0 Å². The lowest BCUT2D eigenvalue weighted by atomic mass is 9.95. The van der Waals surface area contributed by atoms with E-state index in [4.69, 9.17) is 0 Å². The van der Waals surface area contributed by atoms with Crippen LogP contribution in [0.4, 0.5) is 0 Å². The molecular weight excluding hydrogens is 366 g/mol.